The van der Waals surface area contributed by atoms with Gasteiger partial charge in [-0.1, -0.05) is 32.9 Å². The van der Waals surface area contributed by atoms with Gasteiger partial charge in [-0.25, -0.2) is 0 Å². The van der Waals surface area contributed by atoms with E-state index in [1.165, 1.54) is 14.0 Å². The molecule has 0 radical (unpaired) electrons. The molecule has 0 bridgehead atoms. The third-order valence-corrected chi connectivity index (χ3v) is 4.48. The van der Waals surface area contributed by atoms with Crippen molar-refractivity contribution in [2.75, 3.05) is 13.7 Å². The zero-order valence-electron chi connectivity index (χ0n) is 17.5. The summed E-state index contributed by atoms with van der Waals surface area (Å²) in [5, 5.41) is 2.55. The lowest BCUT2D eigenvalue weighted by Gasteiger charge is -2.19. The molecular formula is C23H27NO5. The molecule has 154 valence electrons. The zero-order valence-corrected chi connectivity index (χ0v) is 17.5. The van der Waals surface area contributed by atoms with Crippen LogP contribution in [0.4, 0.5) is 0 Å². The summed E-state index contributed by atoms with van der Waals surface area (Å²) >= 11 is 0. The van der Waals surface area contributed by atoms with Crippen molar-refractivity contribution in [3.63, 3.8) is 0 Å². The topological polar surface area (TPSA) is 81.7 Å². The molecule has 6 heteroatoms. The number of nitrogens with one attached hydrogen (secondary N) is 1. The number of methoxy groups -OCH3 is 1. The smallest absolute Gasteiger partial charge is 0.325 e. The molecule has 0 aliphatic rings. The van der Waals surface area contributed by atoms with Gasteiger partial charge in [-0.3, -0.25) is 14.4 Å². The molecular weight excluding hydrogens is 370 g/mol. The lowest BCUT2D eigenvalue weighted by Crippen LogP contribution is -2.30. The van der Waals surface area contributed by atoms with Gasteiger partial charge in [0.2, 0.25) is 0 Å². The van der Waals surface area contributed by atoms with Crippen LogP contribution in [0.3, 0.4) is 0 Å². The van der Waals surface area contributed by atoms with E-state index in [0.29, 0.717) is 22.4 Å². The zero-order chi connectivity index (χ0) is 21.6. The van der Waals surface area contributed by atoms with Crippen LogP contribution in [0.15, 0.2) is 42.5 Å². The third kappa shape index (κ3) is 6.17. The Morgan fingerprint density at radius 2 is 1.59 bits per heavy atom. The SMILES string of the molecule is COc1ccc(C(C)=O)cc1COC(=O)CNC(=O)c1ccc(C(C)(C)C)cc1. The highest BCUT2D eigenvalue weighted by atomic mass is 16.5. The van der Waals surface area contributed by atoms with Crippen molar-refractivity contribution in [1.82, 2.24) is 5.32 Å². The Balaban J connectivity index is 1.91. The second-order valence-corrected chi connectivity index (χ2v) is 7.75. The highest BCUT2D eigenvalue weighted by Crippen LogP contribution is 2.22. The van der Waals surface area contributed by atoms with Crippen molar-refractivity contribution in [2.45, 2.75) is 39.7 Å². The minimum absolute atomic E-state index is 0.000436. The number of ketones is 1. The van der Waals surface area contributed by atoms with Crippen LogP contribution < -0.4 is 10.1 Å². The summed E-state index contributed by atoms with van der Waals surface area (Å²) in [7, 11) is 1.50. The van der Waals surface area contributed by atoms with Crippen LogP contribution in [0.2, 0.25) is 0 Å². The number of rotatable bonds is 7. The Bertz CT molecular complexity index is 894. The number of benzene rings is 2. The predicted molar refractivity (Wildman–Crippen MR) is 110 cm³/mol. The first-order chi connectivity index (χ1) is 13.6. The first-order valence-corrected chi connectivity index (χ1v) is 9.34. The highest BCUT2D eigenvalue weighted by Gasteiger charge is 2.15. The second-order valence-electron chi connectivity index (χ2n) is 7.75. The van der Waals surface area contributed by atoms with Gasteiger partial charge in [-0.2, -0.15) is 0 Å². The van der Waals surface area contributed by atoms with E-state index in [4.69, 9.17) is 9.47 Å². The molecule has 0 fully saturated rings. The minimum atomic E-state index is -0.583. The maximum Gasteiger partial charge on any atom is 0.325 e. The van der Waals surface area contributed by atoms with E-state index >= 15 is 0 Å². The lowest BCUT2D eigenvalue weighted by molar-refractivity contribution is -0.143. The van der Waals surface area contributed by atoms with E-state index in [2.05, 4.69) is 26.1 Å². The molecule has 6 nitrogen and oxygen atoms in total. The Kier molecular flexibility index (Phi) is 7.15. The first kappa shape index (κ1) is 22.1. The number of amides is 1. The molecule has 2 rings (SSSR count). The number of ether oxygens (including phenoxy) is 2. The van der Waals surface area contributed by atoms with E-state index in [9.17, 15) is 14.4 Å². The molecule has 0 aliphatic heterocycles. The van der Waals surface area contributed by atoms with Crippen LogP contribution in [0.25, 0.3) is 0 Å². The predicted octanol–water partition coefficient (Wildman–Crippen LogP) is 3.67. The number of carbonyl (C=O) groups excluding carboxylic acids is 3. The number of carbonyl (C=O) groups is 3. The Labute approximate surface area is 171 Å². The number of Topliss-reactive ketones (excluding diaryl/α,β-unsaturated/α-hetero) is 1. The van der Waals surface area contributed by atoms with Crippen LogP contribution >= 0.6 is 0 Å². The van der Waals surface area contributed by atoms with Gasteiger partial charge in [-0.15, -0.1) is 0 Å². The van der Waals surface area contributed by atoms with Crippen molar-refractivity contribution >= 4 is 17.7 Å². The number of hydrogen-bond donors (Lipinski definition) is 1. The molecule has 0 saturated heterocycles. The quantitative estimate of drug-likeness (QED) is 0.569. The molecule has 0 spiro atoms. The summed E-state index contributed by atoms with van der Waals surface area (Å²) in [4.78, 5) is 35.8. The van der Waals surface area contributed by atoms with Crippen LogP contribution in [0, 0.1) is 0 Å². The third-order valence-electron chi connectivity index (χ3n) is 4.48. The van der Waals surface area contributed by atoms with Gasteiger partial charge < -0.3 is 14.8 Å². The standard InChI is InChI=1S/C23H27NO5/c1-15(25)17-8-11-20(28-5)18(12-17)14-29-21(26)13-24-22(27)16-6-9-19(10-7-16)23(2,3)4/h6-12H,13-14H2,1-5H3,(H,24,27). The van der Waals surface area contributed by atoms with Gasteiger partial charge in [0.1, 0.15) is 18.9 Å². The van der Waals surface area contributed by atoms with Crippen molar-refractivity contribution in [1.29, 1.82) is 0 Å². The maximum atomic E-state index is 12.2. The van der Waals surface area contributed by atoms with Crippen LogP contribution in [0.5, 0.6) is 5.75 Å². The van der Waals surface area contributed by atoms with Gasteiger partial charge in [0.05, 0.1) is 7.11 Å². The van der Waals surface area contributed by atoms with Crippen LogP contribution in [-0.4, -0.2) is 31.3 Å². The summed E-state index contributed by atoms with van der Waals surface area (Å²) in [6.07, 6.45) is 0. The van der Waals surface area contributed by atoms with Gasteiger partial charge in [0.15, 0.2) is 5.78 Å². The molecule has 0 aromatic heterocycles. The lowest BCUT2D eigenvalue weighted by atomic mass is 9.87. The summed E-state index contributed by atoms with van der Waals surface area (Å²) in [6, 6.07) is 12.2. The molecule has 2 aromatic carbocycles. The van der Waals surface area contributed by atoms with E-state index in [0.717, 1.165) is 5.56 Å². The van der Waals surface area contributed by atoms with Gasteiger partial charge in [0, 0.05) is 16.7 Å². The van der Waals surface area contributed by atoms with Gasteiger partial charge >= 0.3 is 5.97 Å². The molecule has 2 aromatic rings. The summed E-state index contributed by atoms with van der Waals surface area (Å²) in [5.41, 5.74) is 2.68. The Morgan fingerprint density at radius 3 is 2.14 bits per heavy atom. The van der Waals surface area contributed by atoms with Crippen molar-refractivity contribution in [3.8, 4) is 5.75 Å². The van der Waals surface area contributed by atoms with E-state index in [-0.39, 0.29) is 30.3 Å². The number of hydrogen-bond acceptors (Lipinski definition) is 5. The first-order valence-electron chi connectivity index (χ1n) is 9.34. The van der Waals surface area contributed by atoms with E-state index < -0.39 is 5.97 Å². The molecule has 1 N–H and O–H groups in total. The molecule has 0 saturated carbocycles. The fourth-order valence-electron chi connectivity index (χ4n) is 2.70. The van der Waals surface area contributed by atoms with E-state index in [1.807, 2.05) is 12.1 Å². The Hall–Kier alpha value is -3.15. The monoisotopic (exact) mass is 397 g/mol. The maximum absolute atomic E-state index is 12.2. The molecule has 0 heterocycles. The Morgan fingerprint density at radius 1 is 0.966 bits per heavy atom. The van der Waals surface area contributed by atoms with E-state index in [1.54, 1.807) is 30.3 Å². The summed E-state index contributed by atoms with van der Waals surface area (Å²) < 4.78 is 10.4. The largest absolute Gasteiger partial charge is 0.496 e. The minimum Gasteiger partial charge on any atom is -0.496 e. The summed E-state index contributed by atoms with van der Waals surface area (Å²) in [5.74, 6) is -0.505. The molecule has 0 atom stereocenters. The molecule has 0 unspecified atom stereocenters. The van der Waals surface area contributed by atoms with Gasteiger partial charge in [0.25, 0.3) is 5.91 Å². The number of esters is 1. The fourth-order valence-corrected chi connectivity index (χ4v) is 2.70. The summed E-state index contributed by atoms with van der Waals surface area (Å²) in [6.45, 7) is 7.44. The van der Waals surface area contributed by atoms with Crippen LogP contribution in [-0.2, 0) is 21.6 Å². The molecule has 29 heavy (non-hydrogen) atoms. The fraction of sp³-hybridized carbons (Fsp3) is 0.348. The second kappa shape index (κ2) is 9.37. The average molecular weight is 397 g/mol. The van der Waals surface area contributed by atoms with Crippen molar-refractivity contribution in [3.05, 3.63) is 64.7 Å². The van der Waals surface area contributed by atoms with Gasteiger partial charge in [-0.05, 0) is 48.2 Å². The van der Waals surface area contributed by atoms with Crippen LogP contribution in [0.1, 0.15) is 59.5 Å². The van der Waals surface area contributed by atoms with Crippen molar-refractivity contribution in [2.24, 2.45) is 0 Å². The molecule has 0 aliphatic carbocycles. The molecule has 1 amide bonds. The normalized spacial score (nSPS) is 10.9. The van der Waals surface area contributed by atoms with Crippen molar-refractivity contribution < 1.29 is 23.9 Å². The average Bonchev–Trinajstić information content (AvgIpc) is 2.69. The highest BCUT2D eigenvalue weighted by molar-refractivity contribution is 5.96.